The number of nitrogens with one attached hydrogen (secondary N) is 1. The average molecular weight is 235 g/mol. The number of hydrogen-bond acceptors (Lipinski definition) is 2. The van der Waals surface area contributed by atoms with Gasteiger partial charge in [-0.1, -0.05) is 24.3 Å². The second kappa shape index (κ2) is 6.52. The van der Waals surface area contributed by atoms with Crippen LogP contribution in [0, 0.1) is 5.82 Å². The fourth-order valence-corrected chi connectivity index (χ4v) is 1.91. The van der Waals surface area contributed by atoms with Crippen molar-refractivity contribution >= 4 is 6.08 Å². The first-order valence-electron chi connectivity index (χ1n) is 6.09. The van der Waals surface area contributed by atoms with Crippen molar-refractivity contribution in [1.82, 2.24) is 5.32 Å². The van der Waals surface area contributed by atoms with Gasteiger partial charge in [-0.2, -0.15) is 0 Å². The fraction of sp³-hybridized carbons (Fsp3) is 0.429. The van der Waals surface area contributed by atoms with Gasteiger partial charge in [0, 0.05) is 0 Å². The van der Waals surface area contributed by atoms with Crippen molar-refractivity contribution < 1.29 is 9.13 Å². The van der Waals surface area contributed by atoms with Crippen molar-refractivity contribution in [2.75, 3.05) is 19.7 Å². The molecule has 2 nitrogen and oxygen atoms in total. The SMILES string of the molecule is Fc1ccc(C=CCOC2CCNCC2)cc1. The maximum atomic E-state index is 12.7. The van der Waals surface area contributed by atoms with Gasteiger partial charge in [0.15, 0.2) is 0 Å². The first-order chi connectivity index (χ1) is 8.34. The molecular weight excluding hydrogens is 217 g/mol. The van der Waals surface area contributed by atoms with Crippen LogP contribution in [0.2, 0.25) is 0 Å². The van der Waals surface area contributed by atoms with Crippen molar-refractivity contribution in [3.8, 4) is 0 Å². The molecule has 0 radical (unpaired) electrons. The molecule has 92 valence electrons. The summed E-state index contributed by atoms with van der Waals surface area (Å²) in [5.41, 5.74) is 1.00. The van der Waals surface area contributed by atoms with Crippen LogP contribution >= 0.6 is 0 Å². The molecule has 0 aromatic heterocycles. The van der Waals surface area contributed by atoms with Gasteiger partial charge in [0.25, 0.3) is 0 Å². The monoisotopic (exact) mass is 235 g/mol. The Bertz CT molecular complexity index is 355. The highest BCUT2D eigenvalue weighted by Gasteiger charge is 2.11. The van der Waals surface area contributed by atoms with Gasteiger partial charge in [0.05, 0.1) is 12.7 Å². The highest BCUT2D eigenvalue weighted by Crippen LogP contribution is 2.08. The Hall–Kier alpha value is -1.19. The number of halogens is 1. The summed E-state index contributed by atoms with van der Waals surface area (Å²) in [5.74, 6) is -0.201. The van der Waals surface area contributed by atoms with Gasteiger partial charge in [0.1, 0.15) is 5.82 Å². The second-order valence-electron chi connectivity index (χ2n) is 4.24. The molecule has 0 spiro atoms. The standard InChI is InChI=1S/C14H18FNO/c15-13-5-3-12(4-6-13)2-1-11-17-14-7-9-16-10-8-14/h1-6,14,16H,7-11H2. The van der Waals surface area contributed by atoms with E-state index in [1.54, 1.807) is 12.1 Å². The highest BCUT2D eigenvalue weighted by atomic mass is 19.1. The molecule has 0 aliphatic carbocycles. The summed E-state index contributed by atoms with van der Waals surface area (Å²) in [6, 6.07) is 6.45. The minimum absolute atomic E-state index is 0.201. The largest absolute Gasteiger partial charge is 0.374 e. The van der Waals surface area contributed by atoms with E-state index in [1.165, 1.54) is 12.1 Å². The number of hydrogen-bond donors (Lipinski definition) is 1. The van der Waals surface area contributed by atoms with Crippen LogP contribution < -0.4 is 5.32 Å². The van der Waals surface area contributed by atoms with Crippen LogP contribution in [0.3, 0.4) is 0 Å². The summed E-state index contributed by atoms with van der Waals surface area (Å²) in [7, 11) is 0. The molecule has 1 aromatic rings. The Balaban J connectivity index is 1.72. The molecule has 17 heavy (non-hydrogen) atoms. The lowest BCUT2D eigenvalue weighted by atomic mass is 10.1. The molecule has 1 aromatic carbocycles. The Morgan fingerprint density at radius 2 is 1.94 bits per heavy atom. The third kappa shape index (κ3) is 4.29. The van der Waals surface area contributed by atoms with E-state index >= 15 is 0 Å². The normalized spacial score (nSPS) is 17.7. The molecule has 0 saturated carbocycles. The zero-order valence-corrected chi connectivity index (χ0v) is 9.86. The van der Waals surface area contributed by atoms with Crippen LogP contribution in [-0.4, -0.2) is 25.8 Å². The van der Waals surface area contributed by atoms with Gasteiger partial charge in [-0.3, -0.25) is 0 Å². The van der Waals surface area contributed by atoms with Gasteiger partial charge < -0.3 is 10.1 Å². The average Bonchev–Trinajstić information content (AvgIpc) is 2.38. The zero-order chi connectivity index (χ0) is 11.9. The molecule has 1 aliphatic heterocycles. The molecule has 1 heterocycles. The predicted molar refractivity (Wildman–Crippen MR) is 67.3 cm³/mol. The van der Waals surface area contributed by atoms with Gasteiger partial charge in [-0.15, -0.1) is 0 Å². The number of benzene rings is 1. The van der Waals surface area contributed by atoms with Crippen LogP contribution in [0.4, 0.5) is 4.39 Å². The van der Waals surface area contributed by atoms with E-state index in [9.17, 15) is 4.39 Å². The lowest BCUT2D eigenvalue weighted by Crippen LogP contribution is -2.32. The molecule has 1 N–H and O–H groups in total. The third-order valence-corrected chi connectivity index (χ3v) is 2.89. The zero-order valence-electron chi connectivity index (χ0n) is 9.86. The summed E-state index contributed by atoms with van der Waals surface area (Å²) >= 11 is 0. The van der Waals surface area contributed by atoms with Crippen LogP contribution in [0.15, 0.2) is 30.3 Å². The van der Waals surface area contributed by atoms with E-state index < -0.39 is 0 Å². The molecule has 1 saturated heterocycles. The third-order valence-electron chi connectivity index (χ3n) is 2.89. The maximum Gasteiger partial charge on any atom is 0.123 e. The smallest absolute Gasteiger partial charge is 0.123 e. The quantitative estimate of drug-likeness (QED) is 0.866. The van der Waals surface area contributed by atoms with Crippen LogP contribution in [0.25, 0.3) is 6.08 Å². The van der Waals surface area contributed by atoms with E-state index in [2.05, 4.69) is 5.32 Å². The minimum atomic E-state index is -0.201. The summed E-state index contributed by atoms with van der Waals surface area (Å²) in [6.07, 6.45) is 6.50. The van der Waals surface area contributed by atoms with E-state index in [1.807, 2.05) is 12.2 Å². The maximum absolute atomic E-state index is 12.7. The van der Waals surface area contributed by atoms with E-state index in [0.717, 1.165) is 31.5 Å². The molecule has 2 rings (SSSR count). The molecule has 1 aliphatic rings. The lowest BCUT2D eigenvalue weighted by Gasteiger charge is -2.22. The lowest BCUT2D eigenvalue weighted by molar-refractivity contribution is 0.0518. The number of ether oxygens (including phenoxy) is 1. The topological polar surface area (TPSA) is 21.3 Å². The summed E-state index contributed by atoms with van der Waals surface area (Å²) in [5, 5.41) is 3.30. The molecule has 0 amide bonds. The van der Waals surface area contributed by atoms with Crippen molar-refractivity contribution in [2.24, 2.45) is 0 Å². The van der Waals surface area contributed by atoms with Crippen LogP contribution in [0.5, 0.6) is 0 Å². The van der Waals surface area contributed by atoms with Crippen molar-refractivity contribution in [3.05, 3.63) is 41.7 Å². The van der Waals surface area contributed by atoms with Gasteiger partial charge >= 0.3 is 0 Å². The Morgan fingerprint density at radius 1 is 1.24 bits per heavy atom. The first-order valence-corrected chi connectivity index (χ1v) is 6.09. The van der Waals surface area contributed by atoms with Crippen LogP contribution in [0.1, 0.15) is 18.4 Å². The Morgan fingerprint density at radius 3 is 2.65 bits per heavy atom. The summed E-state index contributed by atoms with van der Waals surface area (Å²) < 4.78 is 18.4. The number of piperidine rings is 1. The predicted octanol–water partition coefficient (Wildman–Crippen LogP) is 2.61. The summed E-state index contributed by atoms with van der Waals surface area (Å²) in [4.78, 5) is 0. The van der Waals surface area contributed by atoms with E-state index in [4.69, 9.17) is 4.74 Å². The van der Waals surface area contributed by atoms with Crippen LogP contribution in [-0.2, 0) is 4.74 Å². The van der Waals surface area contributed by atoms with E-state index in [0.29, 0.717) is 12.7 Å². The molecule has 0 unspecified atom stereocenters. The Labute approximate surface area is 101 Å². The van der Waals surface area contributed by atoms with Gasteiger partial charge in [-0.05, 0) is 43.6 Å². The molecule has 1 fully saturated rings. The van der Waals surface area contributed by atoms with Crippen molar-refractivity contribution in [2.45, 2.75) is 18.9 Å². The second-order valence-corrected chi connectivity index (χ2v) is 4.24. The molecular formula is C14H18FNO. The molecule has 3 heteroatoms. The van der Waals surface area contributed by atoms with Crippen molar-refractivity contribution in [1.29, 1.82) is 0 Å². The van der Waals surface area contributed by atoms with Gasteiger partial charge in [-0.25, -0.2) is 4.39 Å². The van der Waals surface area contributed by atoms with E-state index in [-0.39, 0.29) is 5.82 Å². The number of rotatable bonds is 4. The summed E-state index contributed by atoms with van der Waals surface area (Å²) in [6.45, 7) is 2.72. The Kier molecular flexibility index (Phi) is 4.71. The van der Waals surface area contributed by atoms with Crippen molar-refractivity contribution in [3.63, 3.8) is 0 Å². The molecule has 0 atom stereocenters. The highest BCUT2D eigenvalue weighted by molar-refractivity contribution is 5.48. The van der Waals surface area contributed by atoms with Gasteiger partial charge in [0.2, 0.25) is 0 Å². The fourth-order valence-electron chi connectivity index (χ4n) is 1.91. The minimum Gasteiger partial charge on any atom is -0.374 e. The first kappa shape index (κ1) is 12.3. The molecule has 0 bridgehead atoms.